The van der Waals surface area contributed by atoms with Crippen molar-refractivity contribution in [3.05, 3.63) is 6.33 Å². The van der Waals surface area contributed by atoms with Gasteiger partial charge in [0, 0.05) is 24.7 Å². The Bertz CT molecular complexity index is 178. The van der Waals surface area contributed by atoms with Crippen LogP contribution in [0.4, 0.5) is 5.13 Å². The van der Waals surface area contributed by atoms with Gasteiger partial charge in [-0.15, -0.1) is 0 Å². The molecule has 1 aromatic heterocycles. The molecule has 0 fully saturated rings. The number of hydrogen-bond donors (Lipinski definition) is 2. The van der Waals surface area contributed by atoms with Gasteiger partial charge in [0.1, 0.15) is 6.33 Å². The summed E-state index contributed by atoms with van der Waals surface area (Å²) < 4.78 is 3.84. The molecule has 1 aromatic rings. The average molecular weight is 173 g/mol. The van der Waals surface area contributed by atoms with Crippen LogP contribution in [0.3, 0.4) is 0 Å². The van der Waals surface area contributed by atoms with E-state index in [4.69, 9.17) is 5.11 Å². The van der Waals surface area contributed by atoms with Crippen molar-refractivity contribution in [1.29, 1.82) is 0 Å². The molecule has 1 heterocycles. The molecule has 2 N–H and O–H groups in total. The maximum atomic E-state index is 8.47. The van der Waals surface area contributed by atoms with Crippen molar-refractivity contribution in [2.75, 3.05) is 18.5 Å². The van der Waals surface area contributed by atoms with E-state index in [0.717, 1.165) is 24.5 Å². The van der Waals surface area contributed by atoms with Crippen molar-refractivity contribution in [3.63, 3.8) is 0 Å². The first-order valence-electron chi connectivity index (χ1n) is 3.55. The number of nitrogens with one attached hydrogen (secondary N) is 1. The number of anilines is 1. The SMILES string of the molecule is OCCCCNc1ncns1. The van der Waals surface area contributed by atoms with Gasteiger partial charge in [0.05, 0.1) is 0 Å². The zero-order valence-electron chi connectivity index (χ0n) is 6.16. The minimum absolute atomic E-state index is 0.262. The van der Waals surface area contributed by atoms with Crippen LogP contribution in [0.1, 0.15) is 12.8 Å². The van der Waals surface area contributed by atoms with Gasteiger partial charge in [-0.2, -0.15) is 4.37 Å². The van der Waals surface area contributed by atoms with Gasteiger partial charge in [-0.3, -0.25) is 0 Å². The lowest BCUT2D eigenvalue weighted by Gasteiger charge is -1.98. The Kier molecular flexibility index (Phi) is 3.85. The molecule has 0 aliphatic heterocycles. The van der Waals surface area contributed by atoms with E-state index in [0.29, 0.717) is 0 Å². The number of aliphatic hydroxyl groups excluding tert-OH is 1. The summed E-state index contributed by atoms with van der Waals surface area (Å²) in [6, 6.07) is 0. The number of aromatic nitrogens is 2. The smallest absolute Gasteiger partial charge is 0.202 e. The second-order valence-electron chi connectivity index (χ2n) is 2.10. The predicted molar refractivity (Wildman–Crippen MR) is 44.7 cm³/mol. The van der Waals surface area contributed by atoms with E-state index < -0.39 is 0 Å². The van der Waals surface area contributed by atoms with Crippen LogP contribution in [-0.4, -0.2) is 27.6 Å². The van der Waals surface area contributed by atoms with Crippen molar-refractivity contribution in [2.45, 2.75) is 12.8 Å². The van der Waals surface area contributed by atoms with E-state index in [1.807, 2.05) is 0 Å². The fraction of sp³-hybridized carbons (Fsp3) is 0.667. The monoisotopic (exact) mass is 173 g/mol. The lowest BCUT2D eigenvalue weighted by atomic mass is 10.3. The molecule has 0 saturated carbocycles. The summed E-state index contributed by atoms with van der Waals surface area (Å²) in [4.78, 5) is 3.95. The minimum Gasteiger partial charge on any atom is -0.396 e. The summed E-state index contributed by atoms with van der Waals surface area (Å²) in [5.74, 6) is 0. The van der Waals surface area contributed by atoms with Gasteiger partial charge < -0.3 is 10.4 Å². The Hall–Kier alpha value is -0.680. The summed E-state index contributed by atoms with van der Waals surface area (Å²) in [6.45, 7) is 1.12. The predicted octanol–water partition coefficient (Wildman–Crippen LogP) is 0.722. The van der Waals surface area contributed by atoms with Gasteiger partial charge >= 0.3 is 0 Å². The van der Waals surface area contributed by atoms with Crippen LogP contribution in [0.5, 0.6) is 0 Å². The van der Waals surface area contributed by atoms with Crippen molar-refractivity contribution >= 4 is 16.7 Å². The first-order chi connectivity index (χ1) is 5.43. The molecular weight excluding hydrogens is 162 g/mol. The van der Waals surface area contributed by atoms with Gasteiger partial charge in [-0.1, -0.05) is 0 Å². The molecule has 4 nitrogen and oxygen atoms in total. The van der Waals surface area contributed by atoms with E-state index in [9.17, 15) is 0 Å². The highest BCUT2D eigenvalue weighted by Crippen LogP contribution is 2.05. The highest BCUT2D eigenvalue weighted by Gasteiger charge is 1.92. The van der Waals surface area contributed by atoms with Crippen LogP contribution in [0.25, 0.3) is 0 Å². The molecule has 0 unspecified atom stereocenters. The molecule has 1 rings (SSSR count). The number of nitrogens with zero attached hydrogens (tertiary/aromatic N) is 2. The zero-order chi connectivity index (χ0) is 7.94. The van der Waals surface area contributed by atoms with Crippen LogP contribution < -0.4 is 5.32 Å². The maximum absolute atomic E-state index is 8.47. The quantitative estimate of drug-likeness (QED) is 0.644. The molecular formula is C6H11N3OS. The van der Waals surface area contributed by atoms with E-state index in [1.54, 1.807) is 0 Å². The molecule has 0 radical (unpaired) electrons. The summed E-state index contributed by atoms with van der Waals surface area (Å²) in [7, 11) is 0. The van der Waals surface area contributed by atoms with E-state index in [-0.39, 0.29) is 6.61 Å². The van der Waals surface area contributed by atoms with Gasteiger partial charge in [-0.25, -0.2) is 4.98 Å². The molecule has 0 aliphatic rings. The van der Waals surface area contributed by atoms with Gasteiger partial charge in [0.15, 0.2) is 0 Å². The normalized spacial score (nSPS) is 9.91. The summed E-state index contributed by atoms with van der Waals surface area (Å²) >= 11 is 1.35. The first kappa shape index (κ1) is 8.42. The fourth-order valence-corrected chi connectivity index (χ4v) is 1.14. The van der Waals surface area contributed by atoms with Gasteiger partial charge in [0.25, 0.3) is 0 Å². The van der Waals surface area contributed by atoms with Crippen molar-refractivity contribution in [1.82, 2.24) is 9.36 Å². The molecule has 0 amide bonds. The van der Waals surface area contributed by atoms with Crippen LogP contribution >= 0.6 is 11.5 Å². The number of rotatable bonds is 5. The second kappa shape index (κ2) is 5.03. The largest absolute Gasteiger partial charge is 0.396 e. The van der Waals surface area contributed by atoms with Crippen LogP contribution in [0, 0.1) is 0 Å². The van der Waals surface area contributed by atoms with E-state index in [2.05, 4.69) is 14.7 Å². The molecule has 0 aromatic carbocycles. The molecule has 0 saturated heterocycles. The Morgan fingerprint density at radius 2 is 2.45 bits per heavy atom. The van der Waals surface area contributed by atoms with Crippen LogP contribution in [0.2, 0.25) is 0 Å². The molecule has 0 atom stereocenters. The third-order valence-electron chi connectivity index (χ3n) is 1.22. The Morgan fingerprint density at radius 3 is 3.09 bits per heavy atom. The van der Waals surface area contributed by atoms with Gasteiger partial charge in [-0.05, 0) is 12.8 Å². The zero-order valence-corrected chi connectivity index (χ0v) is 6.97. The Balaban J connectivity index is 2.04. The lowest BCUT2D eigenvalue weighted by molar-refractivity contribution is 0.286. The van der Waals surface area contributed by atoms with Crippen molar-refractivity contribution in [3.8, 4) is 0 Å². The van der Waals surface area contributed by atoms with E-state index >= 15 is 0 Å². The van der Waals surface area contributed by atoms with Crippen molar-refractivity contribution < 1.29 is 5.11 Å². The topological polar surface area (TPSA) is 58.0 Å². The maximum Gasteiger partial charge on any atom is 0.202 e. The highest BCUT2D eigenvalue weighted by atomic mass is 32.1. The standard InChI is InChI=1S/C6H11N3OS/c10-4-2-1-3-7-6-8-5-9-11-6/h5,10H,1-4H2,(H,7,8,9). The molecule has 62 valence electrons. The van der Waals surface area contributed by atoms with Crippen LogP contribution in [0.15, 0.2) is 6.33 Å². The fourth-order valence-electron chi connectivity index (χ4n) is 0.683. The molecule has 0 bridgehead atoms. The Labute approximate surface area is 69.5 Å². The lowest BCUT2D eigenvalue weighted by Crippen LogP contribution is -2.01. The number of unbranched alkanes of at least 4 members (excludes halogenated alkanes) is 1. The summed E-state index contributed by atoms with van der Waals surface area (Å²) in [5, 5.41) is 12.4. The third kappa shape index (κ3) is 3.29. The van der Waals surface area contributed by atoms with Crippen molar-refractivity contribution in [2.24, 2.45) is 0 Å². The molecule has 11 heavy (non-hydrogen) atoms. The Morgan fingerprint density at radius 1 is 1.55 bits per heavy atom. The number of hydrogen-bond acceptors (Lipinski definition) is 5. The minimum atomic E-state index is 0.262. The second-order valence-corrected chi connectivity index (χ2v) is 2.88. The first-order valence-corrected chi connectivity index (χ1v) is 4.32. The number of aliphatic hydroxyl groups is 1. The van der Waals surface area contributed by atoms with Crippen LogP contribution in [-0.2, 0) is 0 Å². The third-order valence-corrected chi connectivity index (χ3v) is 1.84. The van der Waals surface area contributed by atoms with E-state index in [1.165, 1.54) is 17.9 Å². The molecule has 0 aliphatic carbocycles. The molecule has 5 heteroatoms. The average Bonchev–Trinajstić information content (AvgIpc) is 2.50. The summed E-state index contributed by atoms with van der Waals surface area (Å²) in [5.41, 5.74) is 0. The highest BCUT2D eigenvalue weighted by molar-refractivity contribution is 7.09. The molecule has 0 spiro atoms. The van der Waals surface area contributed by atoms with Gasteiger partial charge in [0.2, 0.25) is 5.13 Å². The summed E-state index contributed by atoms with van der Waals surface area (Å²) in [6.07, 6.45) is 3.33.